The molecule has 0 saturated carbocycles. The number of ketones is 1. The minimum atomic E-state index is -1.38. The van der Waals surface area contributed by atoms with Crippen molar-refractivity contribution in [1.29, 1.82) is 0 Å². The van der Waals surface area contributed by atoms with E-state index in [2.05, 4.69) is 0 Å². The molecule has 3 aromatic rings. The van der Waals surface area contributed by atoms with Crippen molar-refractivity contribution in [3.63, 3.8) is 0 Å². The van der Waals surface area contributed by atoms with Gasteiger partial charge in [-0.25, -0.2) is 9.59 Å². The van der Waals surface area contributed by atoms with Crippen molar-refractivity contribution >= 4 is 40.7 Å². The van der Waals surface area contributed by atoms with Crippen LogP contribution in [0.4, 0.5) is 5.69 Å². The number of hydrogen-bond acceptors (Lipinski definition) is 6. The Labute approximate surface area is 204 Å². The molecule has 4 rings (SSSR count). The van der Waals surface area contributed by atoms with Gasteiger partial charge in [-0.05, 0) is 72.7 Å². The number of aliphatic hydroxyl groups is 1. The second-order valence-electron chi connectivity index (χ2n) is 8.32. The number of anilines is 1. The molecule has 3 N–H and O–H groups in total. The van der Waals surface area contributed by atoms with E-state index in [1.807, 2.05) is 32.9 Å². The number of carboxylic acids is 2. The number of hydrogen-bond donors (Lipinski definition) is 3. The highest BCUT2D eigenvalue weighted by molar-refractivity contribution is 7.12. The number of thiophene rings is 1. The molecule has 0 unspecified atom stereocenters. The Bertz CT molecular complexity index is 1400. The van der Waals surface area contributed by atoms with Crippen LogP contribution in [0.25, 0.3) is 0 Å². The summed E-state index contributed by atoms with van der Waals surface area (Å²) in [7, 11) is 0. The monoisotopic (exact) mass is 491 g/mol. The van der Waals surface area contributed by atoms with E-state index in [4.69, 9.17) is 0 Å². The van der Waals surface area contributed by atoms with E-state index in [0.717, 1.165) is 51.1 Å². The molecule has 35 heavy (non-hydrogen) atoms. The highest BCUT2D eigenvalue weighted by Crippen LogP contribution is 2.44. The van der Waals surface area contributed by atoms with Crippen LogP contribution in [0, 0.1) is 20.8 Å². The molecular weight excluding hydrogens is 470 g/mol. The van der Waals surface area contributed by atoms with E-state index < -0.39 is 35.4 Å². The number of carbonyl (C=O) groups is 4. The summed E-state index contributed by atoms with van der Waals surface area (Å²) in [6.45, 7) is 5.60. The average Bonchev–Trinajstić information content (AvgIpc) is 3.43. The van der Waals surface area contributed by atoms with Crippen molar-refractivity contribution < 1.29 is 34.5 Å². The van der Waals surface area contributed by atoms with Gasteiger partial charge in [0.15, 0.2) is 5.76 Å². The van der Waals surface area contributed by atoms with Crippen LogP contribution in [-0.2, 0) is 4.79 Å². The highest BCUT2D eigenvalue weighted by atomic mass is 32.1. The Morgan fingerprint density at radius 2 is 1.49 bits per heavy atom. The van der Waals surface area contributed by atoms with Gasteiger partial charge in [-0.15, -0.1) is 11.3 Å². The average molecular weight is 492 g/mol. The molecule has 9 heteroatoms. The van der Waals surface area contributed by atoms with Gasteiger partial charge in [-0.3, -0.25) is 14.5 Å². The molecule has 1 aliphatic rings. The fourth-order valence-electron chi connectivity index (χ4n) is 4.21. The first-order chi connectivity index (χ1) is 16.5. The smallest absolute Gasteiger partial charge is 0.335 e. The lowest BCUT2D eigenvalue weighted by Crippen LogP contribution is -2.32. The first-order valence-corrected chi connectivity index (χ1v) is 11.4. The number of nitrogens with zero attached hydrogens (tertiary/aromatic N) is 1. The number of aliphatic hydroxyl groups excluding tert-OH is 1. The predicted octanol–water partition coefficient (Wildman–Crippen LogP) is 4.85. The van der Waals surface area contributed by atoms with E-state index in [0.29, 0.717) is 10.4 Å². The molecule has 0 bridgehead atoms. The largest absolute Gasteiger partial charge is 0.503 e. The molecule has 1 amide bonds. The van der Waals surface area contributed by atoms with E-state index in [1.54, 1.807) is 17.5 Å². The molecule has 2 heterocycles. The summed E-state index contributed by atoms with van der Waals surface area (Å²) in [4.78, 5) is 51.6. The van der Waals surface area contributed by atoms with Crippen LogP contribution in [0.1, 0.15) is 58.7 Å². The first-order valence-electron chi connectivity index (χ1n) is 10.6. The third kappa shape index (κ3) is 4.10. The number of carboxylic acid groups (broad SMARTS) is 2. The summed E-state index contributed by atoms with van der Waals surface area (Å²) in [5.74, 6) is -4.99. The maximum atomic E-state index is 13.5. The number of benzene rings is 2. The molecule has 0 radical (unpaired) electrons. The van der Waals surface area contributed by atoms with Crippen molar-refractivity contribution in [2.45, 2.75) is 26.8 Å². The van der Waals surface area contributed by atoms with Gasteiger partial charge in [-0.2, -0.15) is 0 Å². The lowest BCUT2D eigenvalue weighted by Gasteiger charge is -2.29. The van der Waals surface area contributed by atoms with Crippen LogP contribution in [-0.4, -0.2) is 38.9 Å². The normalized spacial score (nSPS) is 15.6. The first kappa shape index (κ1) is 23.9. The number of carbonyl (C=O) groups excluding carboxylic acids is 2. The lowest BCUT2D eigenvalue weighted by molar-refractivity contribution is -0.117. The molecule has 1 aromatic heterocycles. The minimum Gasteiger partial charge on any atom is -0.503 e. The molecule has 0 spiro atoms. The maximum absolute atomic E-state index is 13.5. The Hall–Kier alpha value is -4.24. The van der Waals surface area contributed by atoms with Gasteiger partial charge in [0.05, 0.1) is 27.6 Å². The van der Waals surface area contributed by atoms with Crippen LogP contribution >= 0.6 is 11.3 Å². The van der Waals surface area contributed by atoms with Crippen molar-refractivity contribution in [3.8, 4) is 0 Å². The third-order valence-corrected chi connectivity index (χ3v) is 6.93. The zero-order valence-electron chi connectivity index (χ0n) is 19.0. The molecule has 8 nitrogen and oxygen atoms in total. The summed E-state index contributed by atoms with van der Waals surface area (Å²) in [5, 5.41) is 31.7. The van der Waals surface area contributed by atoms with E-state index in [-0.39, 0.29) is 22.4 Å². The Balaban J connectivity index is 2.00. The van der Waals surface area contributed by atoms with Gasteiger partial charge in [-0.1, -0.05) is 18.2 Å². The fraction of sp³-hybridized carbons (Fsp3) is 0.154. The molecule has 178 valence electrons. The van der Waals surface area contributed by atoms with Crippen LogP contribution in [0.15, 0.2) is 59.2 Å². The van der Waals surface area contributed by atoms with Gasteiger partial charge in [0.2, 0.25) is 5.78 Å². The summed E-state index contributed by atoms with van der Waals surface area (Å²) in [6.07, 6.45) is 0. The van der Waals surface area contributed by atoms with Crippen molar-refractivity contribution in [1.82, 2.24) is 0 Å². The maximum Gasteiger partial charge on any atom is 0.335 e. The lowest BCUT2D eigenvalue weighted by atomic mass is 9.89. The number of rotatable bonds is 6. The highest BCUT2D eigenvalue weighted by Gasteiger charge is 2.45. The molecule has 1 aliphatic heterocycles. The summed E-state index contributed by atoms with van der Waals surface area (Å²) >= 11 is 1.16. The zero-order chi connectivity index (χ0) is 25.6. The van der Waals surface area contributed by atoms with Crippen LogP contribution < -0.4 is 4.90 Å². The summed E-state index contributed by atoms with van der Waals surface area (Å²) in [6, 6.07) is 9.16. The van der Waals surface area contributed by atoms with Crippen LogP contribution in [0.3, 0.4) is 0 Å². The zero-order valence-corrected chi connectivity index (χ0v) is 19.8. The Morgan fingerprint density at radius 3 is 2.03 bits per heavy atom. The summed E-state index contributed by atoms with van der Waals surface area (Å²) < 4.78 is 0. The Kier molecular flexibility index (Phi) is 6.04. The predicted molar refractivity (Wildman–Crippen MR) is 130 cm³/mol. The number of Topliss-reactive ketones (excluding diaryl/α,β-unsaturated/α-hetero) is 1. The molecule has 2 aromatic carbocycles. The van der Waals surface area contributed by atoms with E-state index in [1.165, 1.54) is 0 Å². The van der Waals surface area contributed by atoms with Gasteiger partial charge in [0.25, 0.3) is 5.91 Å². The minimum absolute atomic E-state index is 0.0598. The molecule has 0 fully saturated rings. The standard InChI is InChI=1S/C26H21NO7S/c1-12-7-14(3)18(8-13(12)2)21-20(22(28)19-5-4-6-35-19)23(29)24(30)27(21)17-10-15(25(31)32)9-16(11-17)26(33)34/h4-11,21,29H,1-3H3,(H,31,32)(H,33,34)/t21-/m0/s1. The molecule has 0 saturated heterocycles. The fourth-order valence-corrected chi connectivity index (χ4v) is 4.89. The molecule has 0 aliphatic carbocycles. The quantitative estimate of drug-likeness (QED) is 0.420. The number of aryl methyl sites for hydroxylation is 3. The van der Waals surface area contributed by atoms with Crippen molar-refractivity contribution in [2.24, 2.45) is 0 Å². The second kappa shape index (κ2) is 8.84. The second-order valence-corrected chi connectivity index (χ2v) is 9.27. The van der Waals surface area contributed by atoms with Crippen LogP contribution in [0.2, 0.25) is 0 Å². The topological polar surface area (TPSA) is 132 Å². The SMILES string of the molecule is Cc1cc(C)c([C@H]2C(C(=O)c3cccs3)=C(O)C(=O)N2c2cc(C(=O)O)cc(C(=O)O)c2)cc1C. The molecular formula is C26H21NO7S. The van der Waals surface area contributed by atoms with Gasteiger partial charge < -0.3 is 15.3 Å². The van der Waals surface area contributed by atoms with Gasteiger partial charge in [0, 0.05) is 5.69 Å². The number of aromatic carboxylic acids is 2. The van der Waals surface area contributed by atoms with Gasteiger partial charge >= 0.3 is 11.9 Å². The molecule has 1 atom stereocenters. The number of amides is 1. The summed E-state index contributed by atoms with van der Waals surface area (Å²) in [5.41, 5.74) is 2.27. The third-order valence-electron chi connectivity index (χ3n) is 6.06. The van der Waals surface area contributed by atoms with Crippen molar-refractivity contribution in [3.05, 3.63) is 97.4 Å². The van der Waals surface area contributed by atoms with Crippen LogP contribution in [0.5, 0.6) is 0 Å². The van der Waals surface area contributed by atoms with Crippen molar-refractivity contribution in [2.75, 3.05) is 4.90 Å². The van der Waals surface area contributed by atoms with E-state index >= 15 is 0 Å². The Morgan fingerprint density at radius 1 is 0.886 bits per heavy atom. The van der Waals surface area contributed by atoms with Gasteiger partial charge in [0.1, 0.15) is 0 Å². The van der Waals surface area contributed by atoms with E-state index in [9.17, 15) is 34.5 Å².